The van der Waals surface area contributed by atoms with Crippen LogP contribution in [0.25, 0.3) is 0 Å². The molecule has 0 aliphatic carbocycles. The van der Waals surface area contributed by atoms with Crippen LogP contribution in [0.15, 0.2) is 18.2 Å². The predicted octanol–water partition coefficient (Wildman–Crippen LogP) is 2.49. The number of hydrogen-bond donors (Lipinski definition) is 3. The number of nitrogens with one attached hydrogen (secondary N) is 2. The van der Waals surface area contributed by atoms with Crippen LogP contribution in [0.4, 0.5) is 23.7 Å². The maximum atomic E-state index is 12.6. The summed E-state index contributed by atoms with van der Waals surface area (Å²) in [6.45, 7) is -0.0706. The lowest BCUT2D eigenvalue weighted by Crippen LogP contribution is -2.37. The summed E-state index contributed by atoms with van der Waals surface area (Å²) in [6, 6.07) is 2.26. The van der Waals surface area contributed by atoms with Crippen molar-refractivity contribution in [3.8, 4) is 0 Å². The average Bonchev–Trinajstić information content (AvgIpc) is 2.38. The molecule has 2 amide bonds. The van der Waals surface area contributed by atoms with Crippen molar-refractivity contribution in [1.29, 1.82) is 0 Å². The van der Waals surface area contributed by atoms with Gasteiger partial charge in [-0.1, -0.05) is 11.6 Å². The fraction of sp³-hybridized carbons (Fsp3) is 0.417. The largest absolute Gasteiger partial charge is 0.417 e. The Morgan fingerprint density at radius 2 is 2.14 bits per heavy atom. The molecule has 0 fully saturated rings. The summed E-state index contributed by atoms with van der Waals surface area (Å²) in [5.41, 5.74) is -1.10. The number of benzene rings is 1. The second-order valence-corrected chi connectivity index (χ2v) is 4.54. The molecule has 0 spiro atoms. The van der Waals surface area contributed by atoms with Crippen LogP contribution in [0.1, 0.15) is 5.56 Å². The van der Waals surface area contributed by atoms with Gasteiger partial charge in [-0.05, 0) is 18.2 Å². The van der Waals surface area contributed by atoms with Crippen LogP contribution in [0.3, 0.4) is 0 Å². The van der Waals surface area contributed by atoms with Crippen molar-refractivity contribution in [2.75, 3.05) is 25.6 Å². The molecule has 0 aliphatic heterocycles. The van der Waals surface area contributed by atoms with Gasteiger partial charge in [0.25, 0.3) is 0 Å². The summed E-state index contributed by atoms with van der Waals surface area (Å²) >= 11 is 5.46. The molecule has 1 rings (SSSR count). The first-order valence-electron chi connectivity index (χ1n) is 5.82. The van der Waals surface area contributed by atoms with E-state index in [2.05, 4.69) is 15.4 Å². The molecule has 1 aromatic carbocycles. The van der Waals surface area contributed by atoms with Crippen LogP contribution in [-0.2, 0) is 10.9 Å². The van der Waals surface area contributed by atoms with Gasteiger partial charge in [0.1, 0.15) is 0 Å². The number of hydrogen-bond acceptors (Lipinski definition) is 3. The molecule has 0 saturated carbocycles. The van der Waals surface area contributed by atoms with Gasteiger partial charge in [0, 0.05) is 19.3 Å². The van der Waals surface area contributed by atoms with Crippen LogP contribution in [0.2, 0.25) is 5.02 Å². The maximum absolute atomic E-state index is 12.6. The highest BCUT2D eigenvalue weighted by Crippen LogP contribution is 2.36. The van der Waals surface area contributed by atoms with Gasteiger partial charge in [0.05, 0.1) is 23.3 Å². The lowest BCUT2D eigenvalue weighted by Gasteiger charge is -2.13. The number of ether oxygens (including phenoxy) is 1. The van der Waals surface area contributed by atoms with E-state index in [0.29, 0.717) is 0 Å². The Hall–Kier alpha value is -1.51. The van der Waals surface area contributed by atoms with Gasteiger partial charge < -0.3 is 20.5 Å². The molecule has 0 aromatic heterocycles. The zero-order valence-corrected chi connectivity index (χ0v) is 11.8. The zero-order valence-electron chi connectivity index (χ0n) is 11.0. The maximum Gasteiger partial charge on any atom is 0.417 e. The van der Waals surface area contributed by atoms with Crippen molar-refractivity contribution in [1.82, 2.24) is 5.32 Å². The van der Waals surface area contributed by atoms with E-state index in [0.717, 1.165) is 12.1 Å². The summed E-state index contributed by atoms with van der Waals surface area (Å²) < 4.78 is 42.6. The third-order valence-corrected chi connectivity index (χ3v) is 2.72. The Kier molecular flexibility index (Phi) is 6.25. The summed E-state index contributed by atoms with van der Waals surface area (Å²) in [6.07, 6.45) is -5.52. The fourth-order valence-electron chi connectivity index (χ4n) is 1.46. The van der Waals surface area contributed by atoms with E-state index < -0.39 is 28.9 Å². The standard InChI is InChI=1S/C12H14ClF3N2O3/c1-21-6-8(19)5-17-11(20)18-7-2-3-10(13)9(4-7)12(14,15)16/h2-4,8,19H,5-6H2,1H3,(H2,17,18,20)/t8-/m0/s1. The summed E-state index contributed by atoms with van der Waals surface area (Å²) in [5, 5.41) is 13.4. The normalized spacial score (nSPS) is 12.9. The molecule has 21 heavy (non-hydrogen) atoms. The van der Waals surface area contributed by atoms with Crippen molar-refractivity contribution in [3.05, 3.63) is 28.8 Å². The van der Waals surface area contributed by atoms with E-state index in [-0.39, 0.29) is 18.8 Å². The van der Waals surface area contributed by atoms with Crippen LogP contribution in [-0.4, -0.2) is 37.5 Å². The first kappa shape index (κ1) is 17.5. The number of anilines is 1. The number of carbonyl (C=O) groups excluding carboxylic acids is 1. The number of amides is 2. The monoisotopic (exact) mass is 326 g/mol. The Balaban J connectivity index is 2.65. The number of carbonyl (C=O) groups is 1. The molecule has 3 N–H and O–H groups in total. The molecule has 0 aliphatic rings. The highest BCUT2D eigenvalue weighted by Gasteiger charge is 2.33. The van der Waals surface area contributed by atoms with E-state index in [4.69, 9.17) is 11.6 Å². The van der Waals surface area contributed by atoms with Crippen molar-refractivity contribution < 1.29 is 27.8 Å². The zero-order chi connectivity index (χ0) is 16.0. The second kappa shape index (κ2) is 7.48. The fourth-order valence-corrected chi connectivity index (χ4v) is 1.68. The molecule has 5 nitrogen and oxygen atoms in total. The first-order valence-corrected chi connectivity index (χ1v) is 6.20. The minimum Gasteiger partial charge on any atom is -0.389 e. The number of rotatable bonds is 5. The lowest BCUT2D eigenvalue weighted by atomic mass is 10.2. The molecule has 0 radical (unpaired) electrons. The SMILES string of the molecule is COC[C@@H](O)CNC(=O)Nc1ccc(Cl)c(C(F)(F)F)c1. The van der Waals surface area contributed by atoms with Crippen LogP contribution in [0, 0.1) is 0 Å². The number of halogens is 4. The predicted molar refractivity (Wildman–Crippen MR) is 71.4 cm³/mol. The van der Waals surface area contributed by atoms with Crippen molar-refractivity contribution in [2.24, 2.45) is 0 Å². The molecule has 0 heterocycles. The number of aliphatic hydroxyl groups is 1. The molecule has 1 aromatic rings. The highest BCUT2D eigenvalue weighted by atomic mass is 35.5. The van der Waals surface area contributed by atoms with Crippen molar-refractivity contribution in [2.45, 2.75) is 12.3 Å². The van der Waals surface area contributed by atoms with Gasteiger partial charge in [-0.25, -0.2) is 4.79 Å². The van der Waals surface area contributed by atoms with Gasteiger partial charge in [-0.15, -0.1) is 0 Å². The smallest absolute Gasteiger partial charge is 0.389 e. The van der Waals surface area contributed by atoms with E-state index in [1.807, 2.05) is 0 Å². The Labute approximate surface area is 124 Å². The molecule has 9 heteroatoms. The number of aliphatic hydroxyl groups excluding tert-OH is 1. The molecule has 0 saturated heterocycles. The average molecular weight is 327 g/mol. The van der Waals surface area contributed by atoms with Crippen molar-refractivity contribution >= 4 is 23.3 Å². The first-order chi connectivity index (χ1) is 9.74. The topological polar surface area (TPSA) is 70.6 Å². The van der Waals surface area contributed by atoms with Crippen LogP contribution >= 0.6 is 11.6 Å². The van der Waals surface area contributed by atoms with E-state index >= 15 is 0 Å². The lowest BCUT2D eigenvalue weighted by molar-refractivity contribution is -0.137. The Morgan fingerprint density at radius 3 is 2.71 bits per heavy atom. The van der Waals surface area contributed by atoms with Gasteiger partial charge in [-0.3, -0.25) is 0 Å². The third kappa shape index (κ3) is 5.78. The number of urea groups is 1. The molecular weight excluding hydrogens is 313 g/mol. The summed E-state index contributed by atoms with van der Waals surface area (Å²) in [4.78, 5) is 11.5. The molecule has 118 valence electrons. The van der Waals surface area contributed by atoms with E-state index in [1.54, 1.807) is 0 Å². The van der Waals surface area contributed by atoms with Gasteiger partial charge >= 0.3 is 12.2 Å². The summed E-state index contributed by atoms with van der Waals surface area (Å²) in [7, 11) is 1.38. The minimum atomic E-state index is -4.61. The van der Waals surface area contributed by atoms with Crippen LogP contribution < -0.4 is 10.6 Å². The second-order valence-electron chi connectivity index (χ2n) is 4.14. The van der Waals surface area contributed by atoms with E-state index in [9.17, 15) is 23.1 Å². The van der Waals surface area contributed by atoms with Crippen LogP contribution in [0.5, 0.6) is 0 Å². The summed E-state index contributed by atoms with van der Waals surface area (Å²) in [5.74, 6) is 0. The van der Waals surface area contributed by atoms with Gasteiger partial charge in [0.2, 0.25) is 0 Å². The molecule has 0 unspecified atom stereocenters. The molecule has 1 atom stereocenters. The molecular formula is C12H14ClF3N2O3. The van der Waals surface area contributed by atoms with Gasteiger partial charge in [-0.2, -0.15) is 13.2 Å². The quantitative estimate of drug-likeness (QED) is 0.778. The Bertz CT molecular complexity index is 497. The van der Waals surface area contributed by atoms with Gasteiger partial charge in [0.15, 0.2) is 0 Å². The van der Waals surface area contributed by atoms with Crippen molar-refractivity contribution in [3.63, 3.8) is 0 Å². The highest BCUT2D eigenvalue weighted by molar-refractivity contribution is 6.31. The minimum absolute atomic E-state index is 0.0272. The van der Waals surface area contributed by atoms with E-state index in [1.165, 1.54) is 13.2 Å². The Morgan fingerprint density at radius 1 is 1.48 bits per heavy atom. The number of methoxy groups -OCH3 is 1. The molecule has 0 bridgehead atoms. The third-order valence-electron chi connectivity index (χ3n) is 2.39. The number of alkyl halides is 3.